The van der Waals surface area contributed by atoms with Gasteiger partial charge in [-0.05, 0) is 19.1 Å². The Morgan fingerprint density at radius 3 is 2.65 bits per heavy atom. The monoisotopic (exact) mass is 346 g/mol. The average molecular weight is 346 g/mol. The Bertz CT molecular complexity index is 328. The number of nitrogens with zero attached hydrogens (tertiary/aromatic N) is 1. The third-order valence-electron chi connectivity index (χ3n) is 4.13. The lowest BCUT2D eigenvalue weighted by molar-refractivity contribution is -0.917. The Kier molecular flexibility index (Phi) is 5.73. The molecule has 1 N–H and O–H groups in total. The zero-order valence-electron chi connectivity index (χ0n) is 10.8. The van der Waals surface area contributed by atoms with Crippen molar-refractivity contribution in [3.8, 4) is 0 Å². The van der Waals surface area contributed by atoms with Crippen LogP contribution in [0.2, 0.25) is 0 Å². The van der Waals surface area contributed by atoms with Gasteiger partial charge in [0.25, 0.3) is 0 Å². The standard InChI is InChI=1S/C14H23N2.HI/c1-3-16(2)11-7-10-14(16)12-15-13-8-5-4-6-9-13;/h4-6,8-9,14-15H,3,7,10-12H2,1-2H3;1H/q+1;/p-1/t14-,16+;/m0./s1. The fourth-order valence-corrected chi connectivity index (χ4v) is 2.71. The summed E-state index contributed by atoms with van der Waals surface area (Å²) in [7, 11) is 2.39. The van der Waals surface area contributed by atoms with Gasteiger partial charge in [0.2, 0.25) is 0 Å². The molecule has 0 saturated carbocycles. The van der Waals surface area contributed by atoms with Crippen molar-refractivity contribution in [1.82, 2.24) is 0 Å². The molecule has 17 heavy (non-hydrogen) atoms. The van der Waals surface area contributed by atoms with Crippen LogP contribution in [0.4, 0.5) is 5.69 Å². The van der Waals surface area contributed by atoms with Crippen LogP contribution >= 0.6 is 0 Å². The van der Waals surface area contributed by atoms with Gasteiger partial charge < -0.3 is 33.8 Å². The molecule has 1 saturated heterocycles. The second-order valence-corrected chi connectivity index (χ2v) is 5.06. The molecule has 0 radical (unpaired) electrons. The third-order valence-corrected chi connectivity index (χ3v) is 4.13. The van der Waals surface area contributed by atoms with Crippen molar-refractivity contribution < 1.29 is 28.5 Å². The highest BCUT2D eigenvalue weighted by Gasteiger charge is 2.35. The van der Waals surface area contributed by atoms with E-state index >= 15 is 0 Å². The molecule has 1 aliphatic heterocycles. The van der Waals surface area contributed by atoms with Gasteiger partial charge in [-0.1, -0.05) is 18.2 Å². The predicted octanol–water partition coefficient (Wildman–Crippen LogP) is -0.269. The highest BCUT2D eigenvalue weighted by Crippen LogP contribution is 2.24. The first kappa shape index (κ1) is 14.8. The number of likely N-dealkylation sites (N-methyl/N-ethyl adjacent to an activating group) is 1. The summed E-state index contributed by atoms with van der Waals surface area (Å²) in [6.45, 7) is 6.01. The van der Waals surface area contributed by atoms with E-state index in [2.05, 4.69) is 49.6 Å². The van der Waals surface area contributed by atoms with Crippen molar-refractivity contribution in [2.75, 3.05) is 32.0 Å². The van der Waals surface area contributed by atoms with Crippen LogP contribution in [0.1, 0.15) is 19.8 Å². The molecule has 0 aromatic heterocycles. The molecule has 2 atom stereocenters. The maximum atomic E-state index is 3.56. The Balaban J connectivity index is 0.00000144. The molecule has 1 aromatic rings. The van der Waals surface area contributed by atoms with Crippen LogP contribution in [0.15, 0.2) is 30.3 Å². The first-order valence-corrected chi connectivity index (χ1v) is 6.38. The zero-order valence-corrected chi connectivity index (χ0v) is 13.0. The van der Waals surface area contributed by atoms with Gasteiger partial charge in [-0.15, -0.1) is 0 Å². The van der Waals surface area contributed by atoms with E-state index in [1.54, 1.807) is 0 Å². The molecule has 2 rings (SSSR count). The van der Waals surface area contributed by atoms with Gasteiger partial charge in [0.05, 0.1) is 26.7 Å². The van der Waals surface area contributed by atoms with E-state index in [4.69, 9.17) is 0 Å². The molecule has 1 aliphatic rings. The Hall–Kier alpha value is -0.290. The number of hydrogen-bond donors (Lipinski definition) is 1. The normalized spacial score (nSPS) is 27.5. The highest BCUT2D eigenvalue weighted by molar-refractivity contribution is 5.42. The van der Waals surface area contributed by atoms with Gasteiger partial charge in [-0.2, -0.15) is 0 Å². The van der Waals surface area contributed by atoms with Gasteiger partial charge in [0, 0.05) is 18.5 Å². The maximum Gasteiger partial charge on any atom is 0.106 e. The third kappa shape index (κ3) is 3.58. The van der Waals surface area contributed by atoms with E-state index in [1.807, 2.05) is 0 Å². The smallest absolute Gasteiger partial charge is 0.106 e. The second kappa shape index (κ2) is 6.59. The molecular formula is C14H23IN2. The topological polar surface area (TPSA) is 12.0 Å². The number of quaternary nitrogens is 1. The van der Waals surface area contributed by atoms with Gasteiger partial charge >= 0.3 is 0 Å². The van der Waals surface area contributed by atoms with Gasteiger partial charge in [-0.25, -0.2) is 0 Å². The number of rotatable bonds is 4. The van der Waals surface area contributed by atoms with Crippen LogP contribution in [0, 0.1) is 0 Å². The molecule has 0 spiro atoms. The summed E-state index contributed by atoms with van der Waals surface area (Å²) in [6.07, 6.45) is 2.75. The molecule has 96 valence electrons. The number of anilines is 1. The summed E-state index contributed by atoms with van der Waals surface area (Å²) in [5.74, 6) is 0. The van der Waals surface area contributed by atoms with Crippen LogP contribution in [0.3, 0.4) is 0 Å². The van der Waals surface area contributed by atoms with Crippen LogP contribution < -0.4 is 29.3 Å². The van der Waals surface area contributed by atoms with Crippen LogP contribution in [-0.2, 0) is 0 Å². The van der Waals surface area contributed by atoms with Crippen molar-refractivity contribution in [2.45, 2.75) is 25.8 Å². The molecular weight excluding hydrogens is 323 g/mol. The lowest BCUT2D eigenvalue weighted by Crippen LogP contribution is -3.00. The van der Waals surface area contributed by atoms with E-state index in [-0.39, 0.29) is 24.0 Å². The molecule has 3 heteroatoms. The minimum atomic E-state index is 0. The summed E-state index contributed by atoms with van der Waals surface area (Å²) in [4.78, 5) is 0. The molecule has 2 nitrogen and oxygen atoms in total. The first-order chi connectivity index (χ1) is 7.74. The van der Waals surface area contributed by atoms with Crippen molar-refractivity contribution in [2.24, 2.45) is 0 Å². The van der Waals surface area contributed by atoms with E-state index < -0.39 is 0 Å². The lowest BCUT2D eigenvalue weighted by Gasteiger charge is -2.35. The number of halogens is 1. The van der Waals surface area contributed by atoms with Crippen molar-refractivity contribution in [3.63, 3.8) is 0 Å². The van der Waals surface area contributed by atoms with Crippen molar-refractivity contribution in [1.29, 1.82) is 0 Å². The predicted molar refractivity (Wildman–Crippen MR) is 69.5 cm³/mol. The summed E-state index contributed by atoms with van der Waals surface area (Å²) in [6, 6.07) is 11.3. The average Bonchev–Trinajstić information content (AvgIpc) is 2.70. The number of benzene rings is 1. The van der Waals surface area contributed by atoms with Crippen molar-refractivity contribution in [3.05, 3.63) is 30.3 Å². The minimum Gasteiger partial charge on any atom is -1.00 e. The SMILES string of the molecule is CC[N@+]1(C)CCC[C@H]1CNc1ccccc1.[I-]. The van der Waals surface area contributed by atoms with Crippen molar-refractivity contribution >= 4 is 5.69 Å². The number of hydrogen-bond acceptors (Lipinski definition) is 1. The summed E-state index contributed by atoms with van der Waals surface area (Å²) in [5.41, 5.74) is 1.25. The highest BCUT2D eigenvalue weighted by atomic mass is 127. The van der Waals surface area contributed by atoms with Gasteiger partial charge in [0.1, 0.15) is 6.04 Å². The molecule has 0 bridgehead atoms. The molecule has 0 aliphatic carbocycles. The Morgan fingerprint density at radius 1 is 1.29 bits per heavy atom. The zero-order chi connectivity index (χ0) is 11.4. The Morgan fingerprint density at radius 2 is 2.00 bits per heavy atom. The molecule has 1 fully saturated rings. The fraction of sp³-hybridized carbons (Fsp3) is 0.571. The first-order valence-electron chi connectivity index (χ1n) is 6.38. The second-order valence-electron chi connectivity index (χ2n) is 5.06. The number of para-hydroxylation sites is 1. The van der Waals surface area contributed by atoms with Crippen LogP contribution in [0.5, 0.6) is 0 Å². The fourth-order valence-electron chi connectivity index (χ4n) is 2.71. The minimum absolute atomic E-state index is 0. The van der Waals surface area contributed by atoms with Crippen LogP contribution in [-0.4, -0.2) is 37.2 Å². The summed E-state index contributed by atoms with van der Waals surface area (Å²) >= 11 is 0. The lowest BCUT2D eigenvalue weighted by atomic mass is 10.2. The molecule has 1 aromatic carbocycles. The quantitative estimate of drug-likeness (QED) is 0.585. The van der Waals surface area contributed by atoms with E-state index in [1.165, 1.54) is 36.1 Å². The Labute approximate surface area is 122 Å². The van der Waals surface area contributed by atoms with Gasteiger partial charge in [0.15, 0.2) is 0 Å². The molecule has 0 unspecified atom stereocenters. The summed E-state index contributed by atoms with van der Waals surface area (Å²) < 4.78 is 1.24. The summed E-state index contributed by atoms with van der Waals surface area (Å²) in [5, 5.41) is 3.56. The molecule has 0 amide bonds. The number of nitrogens with one attached hydrogen (secondary N) is 1. The molecule has 1 heterocycles. The van der Waals surface area contributed by atoms with E-state index in [0.717, 1.165) is 12.6 Å². The largest absolute Gasteiger partial charge is 1.00 e. The van der Waals surface area contributed by atoms with E-state index in [0.29, 0.717) is 0 Å². The van der Waals surface area contributed by atoms with Crippen LogP contribution in [0.25, 0.3) is 0 Å². The number of likely N-dealkylation sites (tertiary alicyclic amines) is 1. The van der Waals surface area contributed by atoms with E-state index in [9.17, 15) is 0 Å². The maximum absolute atomic E-state index is 3.56. The van der Waals surface area contributed by atoms with Gasteiger partial charge in [-0.3, -0.25) is 0 Å².